The Morgan fingerprint density at radius 2 is 2.11 bits per heavy atom. The van der Waals surface area contributed by atoms with Gasteiger partial charge in [-0.1, -0.05) is 0 Å². The third kappa shape index (κ3) is 2.12. The molecule has 3 rings (SSSR count). The Morgan fingerprint density at radius 3 is 2.78 bits per heavy atom. The summed E-state index contributed by atoms with van der Waals surface area (Å²) >= 11 is 0. The second-order valence-electron chi connectivity index (χ2n) is 5.08. The fraction of sp³-hybridized carbons (Fsp3) is 0.571. The highest BCUT2D eigenvalue weighted by atomic mass is 16.5. The molecule has 0 N–H and O–H groups in total. The van der Waals surface area contributed by atoms with Crippen LogP contribution in [0.1, 0.15) is 36.0 Å². The van der Waals surface area contributed by atoms with Gasteiger partial charge in [0, 0.05) is 23.7 Å². The van der Waals surface area contributed by atoms with Crippen molar-refractivity contribution < 1.29 is 14.3 Å². The normalized spacial score (nSPS) is 30.2. The van der Waals surface area contributed by atoms with E-state index >= 15 is 0 Å². The average Bonchev–Trinajstić information content (AvgIpc) is 2.76. The van der Waals surface area contributed by atoms with E-state index in [2.05, 4.69) is 4.98 Å². The number of Topliss-reactive ketones (excluding diaryl/α,β-unsaturated/α-hetero) is 1. The van der Waals surface area contributed by atoms with Gasteiger partial charge >= 0.3 is 0 Å². The average molecular weight is 247 g/mol. The lowest BCUT2D eigenvalue weighted by molar-refractivity contribution is -0.0149. The quantitative estimate of drug-likeness (QED) is 0.768. The maximum atomic E-state index is 12.4. The number of rotatable bonds is 3. The van der Waals surface area contributed by atoms with Crippen LogP contribution in [0.3, 0.4) is 0 Å². The maximum Gasteiger partial charge on any atom is 0.213 e. The van der Waals surface area contributed by atoms with Crippen molar-refractivity contribution in [1.29, 1.82) is 0 Å². The van der Waals surface area contributed by atoms with Gasteiger partial charge < -0.3 is 9.47 Å². The van der Waals surface area contributed by atoms with Gasteiger partial charge in [0.25, 0.3) is 0 Å². The zero-order valence-corrected chi connectivity index (χ0v) is 10.5. The molecule has 0 spiro atoms. The summed E-state index contributed by atoms with van der Waals surface area (Å²) in [6, 6.07) is 3.49. The van der Waals surface area contributed by atoms with Crippen LogP contribution in [0, 0.1) is 5.92 Å². The summed E-state index contributed by atoms with van der Waals surface area (Å²) in [6.45, 7) is 0. The van der Waals surface area contributed by atoms with Crippen LogP contribution in [-0.2, 0) is 4.74 Å². The van der Waals surface area contributed by atoms with Gasteiger partial charge in [-0.05, 0) is 31.7 Å². The monoisotopic (exact) mass is 247 g/mol. The second-order valence-corrected chi connectivity index (χ2v) is 5.08. The standard InChI is InChI=1S/C14H17NO3/c1-17-13-8-9(4-5-15-13)14(16)10-6-11-2-3-12(7-10)18-11/h4-5,8,10-12H,2-3,6-7H2,1H3. The van der Waals surface area contributed by atoms with Gasteiger partial charge in [0.15, 0.2) is 5.78 Å². The fourth-order valence-electron chi connectivity index (χ4n) is 2.98. The lowest BCUT2D eigenvalue weighted by Crippen LogP contribution is -2.30. The number of ether oxygens (including phenoxy) is 2. The molecule has 2 saturated heterocycles. The van der Waals surface area contributed by atoms with Crippen LogP contribution in [-0.4, -0.2) is 30.1 Å². The second kappa shape index (κ2) is 4.69. The number of hydrogen-bond donors (Lipinski definition) is 0. The molecule has 0 aromatic carbocycles. The number of hydrogen-bond acceptors (Lipinski definition) is 4. The molecule has 2 bridgehead atoms. The largest absolute Gasteiger partial charge is 0.481 e. The molecule has 4 heteroatoms. The number of aromatic nitrogens is 1. The van der Waals surface area contributed by atoms with Crippen molar-refractivity contribution in [2.24, 2.45) is 5.92 Å². The molecular formula is C14H17NO3. The highest BCUT2D eigenvalue weighted by Crippen LogP contribution is 2.37. The summed E-state index contributed by atoms with van der Waals surface area (Å²) in [6.07, 6.45) is 6.14. The molecule has 4 nitrogen and oxygen atoms in total. The van der Waals surface area contributed by atoms with Crippen LogP contribution < -0.4 is 4.74 Å². The summed E-state index contributed by atoms with van der Waals surface area (Å²) in [5.74, 6) is 0.801. The first-order chi connectivity index (χ1) is 8.76. The first-order valence-electron chi connectivity index (χ1n) is 6.46. The zero-order valence-electron chi connectivity index (χ0n) is 10.5. The summed E-state index contributed by atoms with van der Waals surface area (Å²) in [5, 5.41) is 0. The molecule has 2 aliphatic heterocycles. The summed E-state index contributed by atoms with van der Waals surface area (Å²) in [7, 11) is 1.56. The zero-order chi connectivity index (χ0) is 12.5. The minimum Gasteiger partial charge on any atom is -0.481 e. The Kier molecular flexibility index (Phi) is 3.04. The minimum absolute atomic E-state index is 0.100. The lowest BCUT2D eigenvalue weighted by atomic mass is 9.88. The van der Waals surface area contributed by atoms with Gasteiger partial charge in [0.05, 0.1) is 19.3 Å². The first-order valence-corrected chi connectivity index (χ1v) is 6.46. The molecular weight excluding hydrogens is 230 g/mol. The number of nitrogens with zero attached hydrogens (tertiary/aromatic N) is 1. The van der Waals surface area contributed by atoms with E-state index in [9.17, 15) is 4.79 Å². The molecule has 0 amide bonds. The van der Waals surface area contributed by atoms with E-state index in [-0.39, 0.29) is 11.7 Å². The molecule has 1 aromatic heterocycles. The smallest absolute Gasteiger partial charge is 0.213 e. The summed E-state index contributed by atoms with van der Waals surface area (Å²) < 4.78 is 10.8. The molecule has 96 valence electrons. The van der Waals surface area contributed by atoms with E-state index in [4.69, 9.17) is 9.47 Å². The van der Waals surface area contributed by atoms with Crippen molar-refractivity contribution in [2.45, 2.75) is 37.9 Å². The van der Waals surface area contributed by atoms with Crippen molar-refractivity contribution in [1.82, 2.24) is 4.98 Å². The van der Waals surface area contributed by atoms with Gasteiger partial charge in [-0.2, -0.15) is 0 Å². The van der Waals surface area contributed by atoms with Gasteiger partial charge in [0.2, 0.25) is 5.88 Å². The number of fused-ring (bicyclic) bond motifs is 2. The summed E-state index contributed by atoms with van der Waals surface area (Å²) in [4.78, 5) is 16.5. The van der Waals surface area contributed by atoms with Crippen molar-refractivity contribution >= 4 is 5.78 Å². The Bertz CT molecular complexity index is 448. The molecule has 2 fully saturated rings. The molecule has 2 unspecified atom stereocenters. The van der Waals surface area contributed by atoms with E-state index in [1.807, 2.05) is 0 Å². The Labute approximate surface area is 106 Å². The maximum absolute atomic E-state index is 12.4. The molecule has 0 aliphatic carbocycles. The molecule has 0 saturated carbocycles. The molecule has 0 radical (unpaired) electrons. The molecule has 2 atom stereocenters. The first kappa shape index (κ1) is 11.7. The number of ketones is 1. The van der Waals surface area contributed by atoms with Crippen LogP contribution in [0.5, 0.6) is 5.88 Å². The van der Waals surface area contributed by atoms with E-state index in [0.717, 1.165) is 25.7 Å². The predicted octanol–water partition coefficient (Wildman–Crippen LogP) is 2.23. The number of carbonyl (C=O) groups is 1. The van der Waals surface area contributed by atoms with Crippen molar-refractivity contribution in [3.05, 3.63) is 23.9 Å². The van der Waals surface area contributed by atoms with Crippen molar-refractivity contribution in [3.63, 3.8) is 0 Å². The third-order valence-electron chi connectivity index (χ3n) is 3.89. The summed E-state index contributed by atoms with van der Waals surface area (Å²) in [5.41, 5.74) is 0.702. The predicted molar refractivity (Wildman–Crippen MR) is 65.7 cm³/mol. The van der Waals surface area contributed by atoms with Gasteiger partial charge in [-0.3, -0.25) is 4.79 Å². The van der Waals surface area contributed by atoms with Crippen LogP contribution in [0.4, 0.5) is 0 Å². The van der Waals surface area contributed by atoms with Gasteiger partial charge in [-0.25, -0.2) is 4.98 Å². The third-order valence-corrected chi connectivity index (χ3v) is 3.89. The van der Waals surface area contributed by atoms with Crippen LogP contribution in [0.25, 0.3) is 0 Å². The van der Waals surface area contributed by atoms with Crippen LogP contribution in [0.15, 0.2) is 18.3 Å². The van der Waals surface area contributed by atoms with E-state index in [0.29, 0.717) is 23.7 Å². The SMILES string of the molecule is COc1cc(C(=O)C2CC3CCC(C2)O3)ccn1. The van der Waals surface area contributed by atoms with E-state index in [1.165, 1.54) is 0 Å². The lowest BCUT2D eigenvalue weighted by Gasteiger charge is -2.27. The topological polar surface area (TPSA) is 48.4 Å². The minimum atomic E-state index is 0.100. The Morgan fingerprint density at radius 1 is 1.39 bits per heavy atom. The molecule has 18 heavy (non-hydrogen) atoms. The highest BCUT2D eigenvalue weighted by Gasteiger charge is 2.38. The Hall–Kier alpha value is -1.42. The van der Waals surface area contributed by atoms with Crippen LogP contribution >= 0.6 is 0 Å². The Balaban J connectivity index is 1.77. The molecule has 1 aromatic rings. The van der Waals surface area contributed by atoms with E-state index in [1.54, 1.807) is 25.4 Å². The van der Waals surface area contributed by atoms with Gasteiger partial charge in [-0.15, -0.1) is 0 Å². The van der Waals surface area contributed by atoms with Crippen molar-refractivity contribution in [2.75, 3.05) is 7.11 Å². The number of carbonyl (C=O) groups excluding carboxylic acids is 1. The van der Waals surface area contributed by atoms with Crippen molar-refractivity contribution in [3.8, 4) is 5.88 Å². The molecule has 2 aliphatic rings. The van der Waals surface area contributed by atoms with E-state index < -0.39 is 0 Å². The number of methoxy groups -OCH3 is 1. The number of pyridine rings is 1. The van der Waals surface area contributed by atoms with Crippen LogP contribution in [0.2, 0.25) is 0 Å². The fourth-order valence-corrected chi connectivity index (χ4v) is 2.98. The molecule has 3 heterocycles. The van der Waals surface area contributed by atoms with Gasteiger partial charge in [0.1, 0.15) is 0 Å². The highest BCUT2D eigenvalue weighted by molar-refractivity contribution is 5.98.